The Balaban J connectivity index is 1.72. The smallest absolute Gasteiger partial charge is 0.257 e. The van der Waals surface area contributed by atoms with E-state index in [1.54, 1.807) is 18.1 Å². The average Bonchev–Trinajstić information content (AvgIpc) is 3.14. The molecule has 4 rings (SSSR count). The third-order valence-corrected chi connectivity index (χ3v) is 4.76. The topological polar surface area (TPSA) is 51.9 Å². The monoisotopic (exact) mass is 363 g/mol. The fraction of sp³-hybridized carbons (Fsp3) is 0.227. The summed E-state index contributed by atoms with van der Waals surface area (Å²) in [5, 5.41) is 0. The van der Waals surface area contributed by atoms with Crippen LogP contribution in [-0.4, -0.2) is 31.1 Å². The average molecular weight is 363 g/mol. The van der Waals surface area contributed by atoms with Crippen molar-refractivity contribution in [3.05, 3.63) is 71.7 Å². The van der Waals surface area contributed by atoms with E-state index in [-0.39, 0.29) is 5.91 Å². The molecule has 2 aromatic carbocycles. The van der Waals surface area contributed by atoms with Crippen molar-refractivity contribution >= 4 is 5.91 Å². The van der Waals surface area contributed by atoms with Crippen LogP contribution in [0.1, 0.15) is 21.5 Å². The van der Waals surface area contributed by atoms with Gasteiger partial charge in [0.05, 0.1) is 25.5 Å². The van der Waals surface area contributed by atoms with E-state index in [0.29, 0.717) is 36.8 Å². The fourth-order valence-electron chi connectivity index (χ4n) is 3.29. The van der Waals surface area contributed by atoms with Crippen LogP contribution in [0.5, 0.6) is 11.5 Å². The number of nitrogens with zero attached hydrogens (tertiary/aromatic N) is 1. The number of carbonyl (C=O) groups excluding carboxylic acids is 1. The van der Waals surface area contributed by atoms with Crippen LogP contribution in [0.4, 0.5) is 0 Å². The molecule has 27 heavy (non-hydrogen) atoms. The predicted octanol–water partition coefficient (Wildman–Crippen LogP) is 4.30. The van der Waals surface area contributed by atoms with Gasteiger partial charge < -0.3 is 18.8 Å². The summed E-state index contributed by atoms with van der Waals surface area (Å²) in [6.45, 7) is 3.43. The highest BCUT2D eigenvalue weighted by Gasteiger charge is 2.24. The first-order chi connectivity index (χ1) is 13.2. The highest BCUT2D eigenvalue weighted by Crippen LogP contribution is 2.38. The van der Waals surface area contributed by atoms with Crippen molar-refractivity contribution < 1.29 is 18.7 Å². The molecule has 0 unspecified atom stereocenters. The number of methoxy groups -OCH3 is 1. The molecule has 0 fully saturated rings. The quantitative estimate of drug-likeness (QED) is 0.696. The first-order valence-electron chi connectivity index (χ1n) is 8.88. The third kappa shape index (κ3) is 3.40. The lowest BCUT2D eigenvalue weighted by Gasteiger charge is -2.19. The van der Waals surface area contributed by atoms with Crippen LogP contribution in [-0.2, 0) is 6.54 Å². The summed E-state index contributed by atoms with van der Waals surface area (Å²) >= 11 is 0. The van der Waals surface area contributed by atoms with Gasteiger partial charge in [-0.2, -0.15) is 0 Å². The van der Waals surface area contributed by atoms with E-state index in [2.05, 4.69) is 37.3 Å². The molecule has 0 N–H and O–H groups in total. The van der Waals surface area contributed by atoms with Crippen LogP contribution in [0.25, 0.3) is 11.1 Å². The molecule has 0 bridgehead atoms. The second kappa shape index (κ2) is 7.19. The number of hydrogen-bond donors (Lipinski definition) is 0. The maximum absolute atomic E-state index is 12.7. The lowest BCUT2D eigenvalue weighted by Crippen LogP contribution is -2.32. The third-order valence-electron chi connectivity index (χ3n) is 4.76. The standard InChI is InChI=1S/C22H21NO4/c1-15-3-5-16(6-4-15)18-11-19-13-23(22(24)17-7-9-26-14-17)8-10-27-21(19)20(12-18)25-2/h3-7,9,11-12,14H,8,10,13H2,1-2H3. The van der Waals surface area contributed by atoms with Gasteiger partial charge in [-0.25, -0.2) is 0 Å². The van der Waals surface area contributed by atoms with Gasteiger partial charge in [0.2, 0.25) is 0 Å². The van der Waals surface area contributed by atoms with E-state index in [1.807, 2.05) is 6.07 Å². The minimum absolute atomic E-state index is 0.0695. The normalized spacial score (nSPS) is 13.5. The lowest BCUT2D eigenvalue weighted by atomic mass is 10.0. The van der Waals surface area contributed by atoms with Gasteiger partial charge in [-0.05, 0) is 36.2 Å². The summed E-state index contributed by atoms with van der Waals surface area (Å²) in [4.78, 5) is 14.5. The molecule has 138 valence electrons. The van der Waals surface area contributed by atoms with Crippen LogP contribution in [0.3, 0.4) is 0 Å². The number of furan rings is 1. The van der Waals surface area contributed by atoms with Crippen molar-refractivity contribution in [1.82, 2.24) is 4.90 Å². The molecule has 2 heterocycles. The molecule has 1 aliphatic heterocycles. The Hall–Kier alpha value is -3.21. The summed E-state index contributed by atoms with van der Waals surface area (Å²) in [6, 6.07) is 14.1. The molecule has 0 saturated heterocycles. The Morgan fingerprint density at radius 3 is 2.63 bits per heavy atom. The molecule has 0 aliphatic carbocycles. The SMILES string of the molecule is COc1cc(-c2ccc(C)cc2)cc2c1OCCN(C(=O)c1ccoc1)C2. The van der Waals surface area contributed by atoms with Crippen molar-refractivity contribution in [3.8, 4) is 22.6 Å². The molecule has 0 atom stereocenters. The van der Waals surface area contributed by atoms with E-state index in [4.69, 9.17) is 13.9 Å². The molecule has 3 aromatic rings. The van der Waals surface area contributed by atoms with Crippen molar-refractivity contribution in [1.29, 1.82) is 0 Å². The highest BCUT2D eigenvalue weighted by atomic mass is 16.5. The maximum atomic E-state index is 12.7. The molecule has 5 heteroatoms. The van der Waals surface area contributed by atoms with E-state index in [1.165, 1.54) is 18.1 Å². The number of carbonyl (C=O) groups is 1. The maximum Gasteiger partial charge on any atom is 0.257 e. The summed E-state index contributed by atoms with van der Waals surface area (Å²) in [5.74, 6) is 1.32. The van der Waals surface area contributed by atoms with Gasteiger partial charge in [-0.1, -0.05) is 29.8 Å². The molecule has 1 amide bonds. The number of hydrogen-bond acceptors (Lipinski definition) is 4. The van der Waals surface area contributed by atoms with E-state index in [9.17, 15) is 4.79 Å². The molecule has 1 aromatic heterocycles. The second-order valence-corrected chi connectivity index (χ2v) is 6.62. The van der Waals surface area contributed by atoms with Crippen LogP contribution >= 0.6 is 0 Å². The summed E-state index contributed by atoms with van der Waals surface area (Å²) in [7, 11) is 1.64. The molecule has 1 aliphatic rings. The summed E-state index contributed by atoms with van der Waals surface area (Å²) in [5.41, 5.74) is 4.81. The van der Waals surface area contributed by atoms with Gasteiger partial charge in [0.15, 0.2) is 11.5 Å². The fourth-order valence-corrected chi connectivity index (χ4v) is 3.29. The number of amides is 1. The Morgan fingerprint density at radius 2 is 1.93 bits per heavy atom. The largest absolute Gasteiger partial charge is 0.493 e. The minimum Gasteiger partial charge on any atom is -0.493 e. The first-order valence-corrected chi connectivity index (χ1v) is 8.88. The van der Waals surface area contributed by atoms with Crippen LogP contribution < -0.4 is 9.47 Å². The number of aryl methyl sites for hydroxylation is 1. The molecule has 0 radical (unpaired) electrons. The predicted molar refractivity (Wildman–Crippen MR) is 102 cm³/mol. The molecule has 0 spiro atoms. The number of fused-ring (bicyclic) bond motifs is 1. The Bertz CT molecular complexity index is 945. The van der Waals surface area contributed by atoms with Gasteiger partial charge in [-0.15, -0.1) is 0 Å². The van der Waals surface area contributed by atoms with Crippen molar-refractivity contribution in [3.63, 3.8) is 0 Å². The van der Waals surface area contributed by atoms with Gasteiger partial charge >= 0.3 is 0 Å². The zero-order chi connectivity index (χ0) is 18.8. The zero-order valence-electron chi connectivity index (χ0n) is 15.4. The lowest BCUT2D eigenvalue weighted by molar-refractivity contribution is 0.0732. The molecular weight excluding hydrogens is 342 g/mol. The van der Waals surface area contributed by atoms with E-state index >= 15 is 0 Å². The Morgan fingerprint density at radius 1 is 1.11 bits per heavy atom. The summed E-state index contributed by atoms with van der Waals surface area (Å²) in [6.07, 6.45) is 2.98. The number of benzene rings is 2. The zero-order valence-corrected chi connectivity index (χ0v) is 15.4. The highest BCUT2D eigenvalue weighted by molar-refractivity contribution is 5.94. The van der Waals surface area contributed by atoms with Crippen molar-refractivity contribution in [2.75, 3.05) is 20.3 Å². The molecule has 0 saturated carbocycles. The molecule has 5 nitrogen and oxygen atoms in total. The van der Waals surface area contributed by atoms with Gasteiger partial charge in [0.1, 0.15) is 12.9 Å². The van der Waals surface area contributed by atoms with Crippen LogP contribution in [0, 0.1) is 6.92 Å². The summed E-state index contributed by atoms with van der Waals surface area (Å²) < 4.78 is 16.6. The van der Waals surface area contributed by atoms with Crippen molar-refractivity contribution in [2.24, 2.45) is 0 Å². The van der Waals surface area contributed by atoms with Gasteiger partial charge in [0.25, 0.3) is 5.91 Å². The van der Waals surface area contributed by atoms with E-state index < -0.39 is 0 Å². The second-order valence-electron chi connectivity index (χ2n) is 6.62. The number of ether oxygens (including phenoxy) is 2. The van der Waals surface area contributed by atoms with E-state index in [0.717, 1.165) is 16.7 Å². The van der Waals surface area contributed by atoms with Gasteiger partial charge in [0, 0.05) is 12.1 Å². The van der Waals surface area contributed by atoms with Crippen LogP contribution in [0.15, 0.2) is 59.4 Å². The molecular formula is C22H21NO4. The minimum atomic E-state index is -0.0695. The van der Waals surface area contributed by atoms with Crippen molar-refractivity contribution in [2.45, 2.75) is 13.5 Å². The van der Waals surface area contributed by atoms with Gasteiger partial charge in [-0.3, -0.25) is 4.79 Å². The van der Waals surface area contributed by atoms with Crippen LogP contribution in [0.2, 0.25) is 0 Å². The Kier molecular flexibility index (Phi) is 4.59. The first kappa shape index (κ1) is 17.2. The number of rotatable bonds is 3. The Labute approximate surface area is 158 Å².